The van der Waals surface area contributed by atoms with Crippen molar-refractivity contribution in [1.82, 2.24) is 14.8 Å². The van der Waals surface area contributed by atoms with Crippen molar-refractivity contribution in [2.24, 2.45) is 0 Å². The van der Waals surface area contributed by atoms with Crippen molar-refractivity contribution >= 4 is 17.5 Å². The van der Waals surface area contributed by atoms with E-state index in [9.17, 15) is 4.79 Å². The van der Waals surface area contributed by atoms with Gasteiger partial charge in [-0.05, 0) is 32.9 Å². The lowest BCUT2D eigenvalue weighted by molar-refractivity contribution is 0.102. The summed E-state index contributed by atoms with van der Waals surface area (Å²) < 4.78 is 2.02. The number of aromatic nitrogens is 3. The number of nitrogens with zero attached hydrogens (tertiary/aromatic N) is 3. The summed E-state index contributed by atoms with van der Waals surface area (Å²) in [4.78, 5) is 12.7. The molecule has 0 aliphatic carbocycles. The number of carbonyl (C=O) groups excluding carboxylic acids is 1. The Bertz CT molecular complexity index is 1160. The van der Waals surface area contributed by atoms with Crippen molar-refractivity contribution in [3.05, 3.63) is 95.1 Å². The van der Waals surface area contributed by atoms with Crippen LogP contribution in [-0.4, -0.2) is 26.3 Å². The summed E-state index contributed by atoms with van der Waals surface area (Å²) >= 11 is 1.41. The highest BCUT2D eigenvalue weighted by Crippen LogP contribution is 2.28. The SMILES string of the molecule is Cc1ccc(C(=O)CSc2nnc(-c3ccc(C)cc3)n2-c2ccc(C)cc2)cc1. The summed E-state index contributed by atoms with van der Waals surface area (Å²) in [5.74, 6) is 1.15. The quantitative estimate of drug-likeness (QED) is 0.294. The highest BCUT2D eigenvalue weighted by Gasteiger charge is 2.17. The standard InChI is InChI=1S/C25H23N3OS/c1-17-4-10-20(11-5-17)23(29)16-30-25-27-26-24(21-12-6-18(2)7-13-21)28(25)22-14-8-19(3)9-15-22/h4-15H,16H2,1-3H3. The van der Waals surface area contributed by atoms with E-state index in [1.807, 2.05) is 35.8 Å². The summed E-state index contributed by atoms with van der Waals surface area (Å²) in [5.41, 5.74) is 6.21. The topological polar surface area (TPSA) is 47.8 Å². The van der Waals surface area contributed by atoms with Crippen LogP contribution in [-0.2, 0) is 0 Å². The monoisotopic (exact) mass is 413 g/mol. The summed E-state index contributed by atoms with van der Waals surface area (Å²) in [6.07, 6.45) is 0. The molecule has 4 aromatic rings. The number of thioether (sulfide) groups is 1. The molecular weight excluding hydrogens is 390 g/mol. The number of rotatable bonds is 6. The van der Waals surface area contributed by atoms with Gasteiger partial charge in [-0.1, -0.05) is 89.1 Å². The van der Waals surface area contributed by atoms with Gasteiger partial charge in [0.1, 0.15) is 0 Å². The summed E-state index contributed by atoms with van der Waals surface area (Å²) in [7, 11) is 0. The van der Waals surface area contributed by atoms with Crippen molar-refractivity contribution in [2.45, 2.75) is 25.9 Å². The Hall–Kier alpha value is -3.18. The Kier molecular flexibility index (Phi) is 5.81. The number of hydrogen-bond donors (Lipinski definition) is 0. The van der Waals surface area contributed by atoms with Crippen molar-refractivity contribution in [3.63, 3.8) is 0 Å². The van der Waals surface area contributed by atoms with E-state index in [2.05, 4.69) is 72.6 Å². The first kappa shape index (κ1) is 20.1. The summed E-state index contributed by atoms with van der Waals surface area (Å²) in [6, 6.07) is 24.2. The van der Waals surface area contributed by atoms with Gasteiger partial charge in [-0.2, -0.15) is 0 Å². The van der Waals surface area contributed by atoms with Crippen LogP contribution in [0.4, 0.5) is 0 Å². The zero-order chi connectivity index (χ0) is 21.1. The molecule has 0 aliphatic heterocycles. The van der Waals surface area contributed by atoms with Gasteiger partial charge < -0.3 is 0 Å². The summed E-state index contributed by atoms with van der Waals surface area (Å²) in [5, 5.41) is 9.58. The third-order valence-corrected chi connectivity index (χ3v) is 5.87. The van der Waals surface area contributed by atoms with E-state index in [0.717, 1.165) is 22.6 Å². The lowest BCUT2D eigenvalue weighted by atomic mass is 10.1. The Morgan fingerprint density at radius 2 is 1.30 bits per heavy atom. The molecule has 5 heteroatoms. The van der Waals surface area contributed by atoms with Crippen molar-refractivity contribution in [1.29, 1.82) is 0 Å². The zero-order valence-electron chi connectivity index (χ0n) is 17.3. The van der Waals surface area contributed by atoms with Crippen LogP contribution in [0.25, 0.3) is 17.1 Å². The first-order valence-electron chi connectivity index (χ1n) is 9.83. The average molecular weight is 414 g/mol. The maximum atomic E-state index is 12.7. The van der Waals surface area contributed by atoms with Crippen LogP contribution >= 0.6 is 11.8 Å². The Labute approximate surface area is 181 Å². The molecule has 4 nitrogen and oxygen atoms in total. The molecule has 0 unspecified atom stereocenters. The molecule has 150 valence electrons. The lowest BCUT2D eigenvalue weighted by Crippen LogP contribution is -2.05. The molecule has 4 rings (SSSR count). The van der Waals surface area contributed by atoms with Gasteiger partial charge in [-0.25, -0.2) is 0 Å². The number of aryl methyl sites for hydroxylation is 3. The van der Waals surface area contributed by atoms with Gasteiger partial charge in [0.15, 0.2) is 16.8 Å². The Morgan fingerprint density at radius 3 is 1.90 bits per heavy atom. The van der Waals surface area contributed by atoms with E-state index < -0.39 is 0 Å². The third kappa shape index (κ3) is 4.36. The number of ketones is 1. The van der Waals surface area contributed by atoms with Gasteiger partial charge in [-0.3, -0.25) is 9.36 Å². The van der Waals surface area contributed by atoms with Crippen LogP contribution in [0.15, 0.2) is 78.0 Å². The van der Waals surface area contributed by atoms with E-state index in [1.54, 1.807) is 0 Å². The van der Waals surface area contributed by atoms with Gasteiger partial charge in [0.2, 0.25) is 0 Å². The predicted octanol–water partition coefficient (Wildman–Crippen LogP) is 5.83. The van der Waals surface area contributed by atoms with E-state index in [1.165, 1.54) is 22.9 Å². The molecule has 0 amide bonds. The maximum Gasteiger partial charge on any atom is 0.196 e. The third-order valence-electron chi connectivity index (χ3n) is 4.94. The minimum absolute atomic E-state index is 0.0790. The van der Waals surface area contributed by atoms with Gasteiger partial charge in [0, 0.05) is 16.8 Å². The molecule has 0 atom stereocenters. The molecule has 1 aromatic heterocycles. The lowest BCUT2D eigenvalue weighted by Gasteiger charge is -2.11. The largest absolute Gasteiger partial charge is 0.293 e. The number of carbonyl (C=O) groups is 1. The number of Topliss-reactive ketones (excluding diaryl/α,β-unsaturated/α-hetero) is 1. The van der Waals surface area contributed by atoms with Gasteiger partial charge >= 0.3 is 0 Å². The van der Waals surface area contributed by atoms with Gasteiger partial charge in [0.25, 0.3) is 0 Å². The molecule has 0 fully saturated rings. The highest BCUT2D eigenvalue weighted by molar-refractivity contribution is 7.99. The van der Waals surface area contributed by atoms with E-state index in [-0.39, 0.29) is 5.78 Å². The number of hydrogen-bond acceptors (Lipinski definition) is 4. The van der Waals surface area contributed by atoms with Crippen LogP contribution in [0.2, 0.25) is 0 Å². The smallest absolute Gasteiger partial charge is 0.196 e. The van der Waals surface area contributed by atoms with Crippen LogP contribution in [0, 0.1) is 20.8 Å². The molecule has 0 saturated heterocycles. The van der Waals surface area contributed by atoms with E-state index in [4.69, 9.17) is 0 Å². The average Bonchev–Trinajstić information content (AvgIpc) is 3.17. The molecule has 0 radical (unpaired) electrons. The molecule has 30 heavy (non-hydrogen) atoms. The first-order valence-corrected chi connectivity index (χ1v) is 10.8. The van der Waals surface area contributed by atoms with Crippen molar-refractivity contribution in [3.8, 4) is 17.1 Å². The second-order valence-corrected chi connectivity index (χ2v) is 8.36. The Morgan fingerprint density at radius 1 is 0.767 bits per heavy atom. The fraction of sp³-hybridized carbons (Fsp3) is 0.160. The molecule has 0 aliphatic rings. The first-order chi connectivity index (χ1) is 14.5. The van der Waals surface area contributed by atoms with Crippen LogP contribution < -0.4 is 0 Å². The van der Waals surface area contributed by atoms with Crippen molar-refractivity contribution < 1.29 is 4.79 Å². The fourth-order valence-electron chi connectivity index (χ4n) is 3.13. The predicted molar refractivity (Wildman–Crippen MR) is 123 cm³/mol. The Balaban J connectivity index is 1.67. The second-order valence-electron chi connectivity index (χ2n) is 7.42. The number of benzene rings is 3. The van der Waals surface area contributed by atoms with E-state index >= 15 is 0 Å². The van der Waals surface area contributed by atoms with Crippen molar-refractivity contribution in [2.75, 3.05) is 5.75 Å². The maximum absolute atomic E-state index is 12.7. The van der Waals surface area contributed by atoms with Crippen LogP contribution in [0.3, 0.4) is 0 Å². The zero-order valence-corrected chi connectivity index (χ0v) is 18.1. The highest BCUT2D eigenvalue weighted by atomic mass is 32.2. The molecule has 0 spiro atoms. The summed E-state index contributed by atoms with van der Waals surface area (Å²) in [6.45, 7) is 6.14. The van der Waals surface area contributed by atoms with Crippen LogP contribution in [0.1, 0.15) is 27.0 Å². The van der Waals surface area contributed by atoms with Gasteiger partial charge in [0.05, 0.1) is 5.75 Å². The minimum atomic E-state index is 0.0790. The molecule has 0 N–H and O–H groups in total. The molecular formula is C25H23N3OS. The molecule has 3 aromatic carbocycles. The minimum Gasteiger partial charge on any atom is -0.293 e. The van der Waals surface area contributed by atoms with E-state index in [0.29, 0.717) is 16.5 Å². The normalized spacial score (nSPS) is 10.9. The molecule has 1 heterocycles. The van der Waals surface area contributed by atoms with Crippen LogP contribution in [0.5, 0.6) is 0 Å². The van der Waals surface area contributed by atoms with Gasteiger partial charge in [-0.15, -0.1) is 10.2 Å². The second kappa shape index (κ2) is 8.67. The molecule has 0 bridgehead atoms. The fourth-order valence-corrected chi connectivity index (χ4v) is 3.98. The molecule has 0 saturated carbocycles.